The van der Waals surface area contributed by atoms with E-state index < -0.39 is 142 Å². The Morgan fingerprint density at radius 1 is 0.973 bits per heavy atom. The van der Waals surface area contributed by atoms with Crippen molar-refractivity contribution in [2.24, 2.45) is 5.73 Å². The number of aromatic nitrogens is 1. The highest BCUT2D eigenvalue weighted by molar-refractivity contribution is 5.90. The molecule has 23 heteroatoms. The fourth-order valence-electron chi connectivity index (χ4n) is 10.4. The molecule has 382 valence electrons. The van der Waals surface area contributed by atoms with Crippen LogP contribution in [0.4, 0.5) is 0 Å². The van der Waals surface area contributed by atoms with Crippen LogP contribution >= 0.6 is 0 Å². The van der Waals surface area contributed by atoms with E-state index in [1.54, 1.807) is 12.1 Å². The molecule has 1 unspecified atom stereocenters. The van der Waals surface area contributed by atoms with Gasteiger partial charge in [-0.25, -0.2) is 9.59 Å². The number of hydrogen-bond donors (Lipinski definition) is 15. The van der Waals surface area contributed by atoms with Crippen molar-refractivity contribution in [2.75, 3.05) is 6.61 Å². The van der Waals surface area contributed by atoms with E-state index in [1.165, 1.54) is 24.5 Å². The highest BCUT2D eigenvalue weighted by atomic mass is 16.8. The first-order chi connectivity index (χ1) is 34.6. The van der Waals surface area contributed by atoms with Gasteiger partial charge in [-0.3, -0.25) is 4.79 Å². The van der Waals surface area contributed by atoms with Crippen molar-refractivity contribution in [2.45, 2.75) is 110 Å². The Kier molecular flexibility index (Phi) is 11.6. The number of aliphatic hydroxyl groups excluding tert-OH is 5. The van der Waals surface area contributed by atoms with Crippen molar-refractivity contribution in [1.82, 2.24) is 10.3 Å². The first-order valence-corrected chi connectivity index (χ1v) is 22.8. The molecule has 73 heavy (non-hydrogen) atoms. The first kappa shape index (κ1) is 49.4. The molecule has 6 aliphatic heterocycles. The van der Waals surface area contributed by atoms with Crippen LogP contribution in [0.2, 0.25) is 0 Å². The van der Waals surface area contributed by atoms with Crippen LogP contribution in [0.25, 0.3) is 22.3 Å². The van der Waals surface area contributed by atoms with Gasteiger partial charge in [0, 0.05) is 83.4 Å². The summed E-state index contributed by atoms with van der Waals surface area (Å²) in [7, 11) is 0. The molecule has 4 bridgehead atoms. The fraction of sp³-hybridized carbons (Fsp3) is 0.380. The maximum absolute atomic E-state index is 15.2. The van der Waals surface area contributed by atoms with Gasteiger partial charge < -0.3 is 101 Å². The van der Waals surface area contributed by atoms with E-state index in [-0.39, 0.29) is 40.9 Å². The smallest absolute Gasteiger partial charge is 0.354 e. The van der Waals surface area contributed by atoms with E-state index in [2.05, 4.69) is 28.1 Å². The van der Waals surface area contributed by atoms with Gasteiger partial charge >= 0.3 is 11.9 Å². The summed E-state index contributed by atoms with van der Waals surface area (Å²) in [5.41, 5.74) is -3.41. The van der Waals surface area contributed by atoms with E-state index in [0.717, 1.165) is 18.2 Å². The third-order valence-corrected chi connectivity index (χ3v) is 14.4. The van der Waals surface area contributed by atoms with Crippen LogP contribution in [0.3, 0.4) is 0 Å². The minimum atomic E-state index is -3.90. The van der Waals surface area contributed by atoms with E-state index in [4.69, 9.17) is 29.1 Å². The molecule has 23 nitrogen and oxygen atoms in total. The number of phenols is 3. The summed E-state index contributed by atoms with van der Waals surface area (Å²) < 4.78 is 30.7. The molecular formula is C50H47N3O20. The first-order valence-electron chi connectivity index (χ1n) is 22.8. The zero-order valence-electron chi connectivity index (χ0n) is 38.2. The number of aliphatic carboxylic acids is 1. The van der Waals surface area contributed by atoms with Crippen molar-refractivity contribution in [1.29, 1.82) is 0 Å². The molecule has 0 saturated carbocycles. The number of nitrogens with one attached hydrogen (secondary N) is 2. The van der Waals surface area contributed by atoms with Crippen molar-refractivity contribution in [3.63, 3.8) is 0 Å². The largest absolute Gasteiger partial charge is 0.507 e. The molecule has 16 N–H and O–H groups in total. The summed E-state index contributed by atoms with van der Waals surface area (Å²) in [5.74, 6) is -4.90. The van der Waals surface area contributed by atoms with Gasteiger partial charge in [-0.05, 0) is 48.1 Å². The lowest BCUT2D eigenvalue weighted by molar-refractivity contribution is -0.399. The number of aromatic hydroxyl groups is 3. The second-order valence-corrected chi connectivity index (χ2v) is 18.5. The minimum absolute atomic E-state index is 0.0403. The molecule has 2 fully saturated rings. The summed E-state index contributed by atoms with van der Waals surface area (Å²) in [6.07, 6.45) is -9.93. The van der Waals surface area contributed by atoms with Crippen LogP contribution in [0, 0.1) is 23.7 Å². The fourth-order valence-corrected chi connectivity index (χ4v) is 10.4. The molecule has 11 rings (SSSR count). The summed E-state index contributed by atoms with van der Waals surface area (Å²) >= 11 is 0. The monoisotopic (exact) mass is 1010 g/mol. The Morgan fingerprint density at radius 3 is 2.47 bits per heavy atom. The number of aliphatic hydroxyl groups is 8. The number of H-pyrrole nitrogens is 1. The predicted octanol–water partition coefficient (Wildman–Crippen LogP) is -1.60. The number of allylic oxidation sites excluding steroid dienone is 3. The molecule has 1 aliphatic carbocycles. The Morgan fingerprint density at radius 2 is 1.74 bits per heavy atom. The maximum atomic E-state index is 15.2. The number of carboxylic acids is 1. The SMILES string of the molecule is CCC1=CC([C@H]2C=C3Cc4[nH]ccc4C#CC[C@]4(O)[C@H](O)[C@@H](O)[C@@]3(Oc3cc5oc(-c6cc(O)c(O)c(CCO)c6)cc(=O)c5c(O)c32)O[C@@]42CC#C[C@]3(C(=O)O)O[C@H](OC2=O)[C@H](O)[C@@H](O)C3(O)O)=CNC1N. The quantitative estimate of drug-likeness (QED) is 0.0340. The molecule has 2 aromatic carbocycles. The number of aromatic amines is 1. The van der Waals surface area contributed by atoms with Crippen LogP contribution in [-0.4, -0.2) is 150 Å². The van der Waals surface area contributed by atoms with Crippen LogP contribution in [0.15, 0.2) is 80.8 Å². The van der Waals surface area contributed by atoms with Crippen molar-refractivity contribution < 1.29 is 94.2 Å². The number of rotatable bonds is 6. The zero-order chi connectivity index (χ0) is 52.3. The van der Waals surface area contributed by atoms with Crippen molar-refractivity contribution in [3.8, 4) is 58.0 Å². The molecule has 0 amide bonds. The molecular weight excluding hydrogens is 963 g/mol. The molecule has 8 heterocycles. The molecule has 0 radical (unpaired) electrons. The second kappa shape index (κ2) is 17.2. The summed E-state index contributed by atoms with van der Waals surface area (Å²) in [6.45, 7) is 1.41. The third kappa shape index (κ3) is 7.09. The van der Waals surface area contributed by atoms with Gasteiger partial charge in [0.2, 0.25) is 17.7 Å². The summed E-state index contributed by atoms with van der Waals surface area (Å²) in [4.78, 5) is 45.4. The number of fused-ring (bicyclic) bond motifs is 6. The van der Waals surface area contributed by atoms with E-state index in [9.17, 15) is 70.9 Å². The molecule has 7 aliphatic rings. The summed E-state index contributed by atoms with van der Waals surface area (Å²) in [6, 6.07) is 6.14. The maximum Gasteiger partial charge on any atom is 0.354 e. The number of carbonyl (C=O) groups is 2. The lowest BCUT2D eigenvalue weighted by atomic mass is 9.67. The second-order valence-electron chi connectivity index (χ2n) is 18.5. The van der Waals surface area contributed by atoms with Gasteiger partial charge in [0.15, 0.2) is 23.0 Å². The van der Waals surface area contributed by atoms with E-state index >= 15 is 4.79 Å². The molecule has 11 atom stereocenters. The highest BCUT2D eigenvalue weighted by Crippen LogP contribution is 2.57. The molecule has 2 spiro atoms. The average molecular weight is 1010 g/mol. The highest BCUT2D eigenvalue weighted by Gasteiger charge is 2.76. The number of ether oxygens (including phenoxy) is 4. The number of benzene rings is 2. The lowest BCUT2D eigenvalue weighted by Gasteiger charge is -2.57. The van der Waals surface area contributed by atoms with Crippen LogP contribution in [0.1, 0.15) is 54.5 Å². The Labute approximate surface area is 411 Å². The van der Waals surface area contributed by atoms with Crippen LogP contribution < -0.4 is 21.2 Å². The van der Waals surface area contributed by atoms with Gasteiger partial charge in [-0.2, -0.15) is 0 Å². The summed E-state index contributed by atoms with van der Waals surface area (Å²) in [5, 5.41) is 139. The van der Waals surface area contributed by atoms with Gasteiger partial charge in [-0.15, -0.1) is 0 Å². The van der Waals surface area contributed by atoms with Crippen molar-refractivity contribution >= 4 is 22.9 Å². The van der Waals surface area contributed by atoms with Gasteiger partial charge in [0.25, 0.3) is 11.4 Å². The number of esters is 1. The third-order valence-electron chi connectivity index (χ3n) is 14.4. The average Bonchev–Trinajstić information content (AvgIpc) is 3.75. The minimum Gasteiger partial charge on any atom is -0.507 e. The standard InChI is InChI=1S/C50H47N3O20/c1-2-21-13-25(20-53-42(21)51)27-16-26-17-28-22(6-11-52-28)5-3-8-46(66)40(61)41(62)49(26,73-48(46)10-4-9-47(44(63)64)50(67,68)39(60)38(59)43(72-47)70-45(48)65)71-33-19-32-35(37(58)34(27)33)29(55)18-31(69-32)24-14-23(7-12-54)36(57)30(56)15-24/h6,11,13-16,18-20,27,38-43,52-54,56-62,66-68H,2,7-8,10,12,17,51H2,1H3,(H,63,64)/t27-,38-,39-,40-,41-,42?,43+,46+,47-,48-,49+/m1/s1. The Bertz CT molecular complexity index is 3320. The van der Waals surface area contributed by atoms with Gasteiger partial charge in [0.1, 0.15) is 52.1 Å². The number of carboxylic acid groups (broad SMARTS) is 1. The van der Waals surface area contributed by atoms with Crippen molar-refractivity contribution in [3.05, 3.63) is 104 Å². The van der Waals surface area contributed by atoms with Crippen LogP contribution in [0.5, 0.6) is 23.0 Å². The topological polar surface area (TPSA) is 398 Å². The lowest BCUT2D eigenvalue weighted by Crippen LogP contribution is -2.80. The number of dihydropyridines is 1. The number of carbonyl (C=O) groups excluding carboxylic acids is 1. The molecule has 2 saturated heterocycles. The molecule has 2 aromatic heterocycles. The number of hydrogen-bond acceptors (Lipinski definition) is 21. The van der Waals surface area contributed by atoms with Gasteiger partial charge in [-0.1, -0.05) is 36.8 Å². The Hall–Kier alpha value is -7.23. The number of nitrogens with two attached hydrogens (primary N) is 1. The molecule has 4 aromatic rings. The number of phenolic OH excluding ortho intramolecular Hbond substituents is 3. The normalized spacial score (nSPS) is 33.0. The van der Waals surface area contributed by atoms with Crippen LogP contribution in [-0.2, 0) is 36.6 Å². The predicted molar refractivity (Wildman–Crippen MR) is 245 cm³/mol. The van der Waals surface area contributed by atoms with E-state index in [0.29, 0.717) is 28.8 Å². The zero-order valence-corrected chi connectivity index (χ0v) is 38.2. The van der Waals surface area contributed by atoms with E-state index in [1.807, 2.05) is 12.8 Å². The Balaban J connectivity index is 1.27. The van der Waals surface area contributed by atoms with Gasteiger partial charge in [0.05, 0.1) is 12.6 Å².